The fourth-order valence-corrected chi connectivity index (χ4v) is 5.06. The van der Waals surface area contributed by atoms with Crippen LogP contribution < -0.4 is 26.0 Å². The van der Waals surface area contributed by atoms with Gasteiger partial charge in [0.05, 0.1) is 23.4 Å². The van der Waals surface area contributed by atoms with Crippen LogP contribution >= 0.6 is 11.3 Å². The van der Waals surface area contributed by atoms with Gasteiger partial charge in [-0.15, -0.1) is 11.3 Å². The number of aromatic nitrogens is 3. The number of aliphatic imine (C=N–C) groups is 1. The van der Waals surface area contributed by atoms with E-state index in [0.29, 0.717) is 38.3 Å². The molecule has 0 bridgehead atoms. The summed E-state index contributed by atoms with van der Waals surface area (Å²) in [6.45, 7) is 0. The van der Waals surface area contributed by atoms with Crippen LogP contribution in [0, 0.1) is 0 Å². The zero-order valence-corrected chi connectivity index (χ0v) is 20.2. The Morgan fingerprint density at radius 1 is 1.14 bits per heavy atom. The number of ether oxygens (including phenoxy) is 1. The molecule has 0 atom stereocenters. The van der Waals surface area contributed by atoms with E-state index in [4.69, 9.17) is 25.7 Å². The summed E-state index contributed by atoms with van der Waals surface area (Å²) in [4.78, 5) is 9.88. The van der Waals surface area contributed by atoms with Crippen molar-refractivity contribution in [2.75, 3.05) is 18.6 Å². The number of nitrogens with zero attached hydrogens (tertiary/aromatic N) is 4. The van der Waals surface area contributed by atoms with Gasteiger partial charge in [0.1, 0.15) is 10.6 Å². The van der Waals surface area contributed by atoms with Gasteiger partial charge in [-0.3, -0.25) is 4.52 Å². The summed E-state index contributed by atoms with van der Waals surface area (Å²) in [6, 6.07) is 17.4. The average molecular weight is 499 g/mol. The molecule has 5 aromatic rings. The summed E-state index contributed by atoms with van der Waals surface area (Å²) < 4.78 is 12.4. The SMILES string of the molecule is COc1cccc(-c2cc(-c3ccc(N)cc3)nc3sc(/C([O-])=N/c4c[n+](C5CC5)no4)c(N)c23)c1. The Kier molecular flexibility index (Phi) is 5.30. The number of nitrogen functional groups attached to an aromatic ring is 2. The van der Waals surface area contributed by atoms with Crippen LogP contribution in [0.4, 0.5) is 17.3 Å². The Hall–Kier alpha value is -4.44. The highest BCUT2D eigenvalue weighted by atomic mass is 32.1. The number of hydrogen-bond acceptors (Lipinski definition) is 9. The van der Waals surface area contributed by atoms with Crippen LogP contribution in [0.3, 0.4) is 0 Å². The highest BCUT2D eigenvalue weighted by Crippen LogP contribution is 2.42. The Morgan fingerprint density at radius 2 is 1.94 bits per heavy atom. The van der Waals surface area contributed by atoms with Crippen molar-refractivity contribution >= 4 is 44.7 Å². The summed E-state index contributed by atoms with van der Waals surface area (Å²) in [5, 5.41) is 17.8. The normalized spacial score (nSPS) is 13.9. The van der Waals surface area contributed by atoms with Crippen LogP contribution in [-0.4, -0.2) is 23.3 Å². The van der Waals surface area contributed by atoms with Crippen LogP contribution in [-0.2, 0) is 0 Å². The van der Waals surface area contributed by atoms with Gasteiger partial charge in [-0.25, -0.2) is 9.98 Å². The molecule has 0 spiro atoms. The molecule has 0 saturated heterocycles. The second-order valence-corrected chi connectivity index (χ2v) is 9.60. The van der Waals surface area contributed by atoms with E-state index >= 15 is 0 Å². The molecule has 36 heavy (non-hydrogen) atoms. The predicted molar refractivity (Wildman–Crippen MR) is 137 cm³/mol. The predicted octanol–water partition coefficient (Wildman–Crippen LogP) is 3.85. The Balaban J connectivity index is 1.52. The number of pyridine rings is 1. The van der Waals surface area contributed by atoms with Crippen LogP contribution in [0.5, 0.6) is 5.75 Å². The average Bonchev–Trinajstić information content (AvgIpc) is 3.55. The minimum absolute atomic E-state index is 0.146. The first-order valence-corrected chi connectivity index (χ1v) is 12.2. The zero-order valence-electron chi connectivity index (χ0n) is 19.3. The molecule has 3 aromatic heterocycles. The van der Waals surface area contributed by atoms with Gasteiger partial charge in [-0.05, 0) is 46.1 Å². The molecular formula is C26H22N6O3S. The molecule has 2 aromatic carbocycles. The molecule has 180 valence electrons. The molecule has 0 aliphatic heterocycles. The minimum atomic E-state index is -0.500. The molecule has 10 heteroatoms. The number of fused-ring (bicyclic) bond motifs is 1. The van der Waals surface area contributed by atoms with Crippen molar-refractivity contribution in [3.8, 4) is 28.1 Å². The minimum Gasteiger partial charge on any atom is -0.857 e. The molecule has 0 unspecified atom stereocenters. The number of nitrogens with two attached hydrogens (primary N) is 2. The van der Waals surface area contributed by atoms with Crippen LogP contribution in [0.25, 0.3) is 32.6 Å². The Labute approximate surface area is 210 Å². The lowest BCUT2D eigenvalue weighted by molar-refractivity contribution is -0.765. The van der Waals surface area contributed by atoms with Gasteiger partial charge in [-0.1, -0.05) is 24.3 Å². The molecule has 3 heterocycles. The molecule has 9 nitrogen and oxygen atoms in total. The van der Waals surface area contributed by atoms with Crippen molar-refractivity contribution < 1.29 is 19.0 Å². The molecule has 6 rings (SSSR count). The van der Waals surface area contributed by atoms with E-state index in [1.54, 1.807) is 18.0 Å². The summed E-state index contributed by atoms with van der Waals surface area (Å²) >= 11 is 1.20. The monoisotopic (exact) mass is 498 g/mol. The molecule has 1 aliphatic carbocycles. The summed E-state index contributed by atoms with van der Waals surface area (Å²) in [5.41, 5.74) is 16.8. The molecular weight excluding hydrogens is 476 g/mol. The van der Waals surface area contributed by atoms with Crippen molar-refractivity contribution in [3.63, 3.8) is 0 Å². The summed E-state index contributed by atoms with van der Waals surface area (Å²) in [6.07, 6.45) is 3.73. The van der Waals surface area contributed by atoms with Crippen molar-refractivity contribution in [2.45, 2.75) is 18.9 Å². The van der Waals surface area contributed by atoms with E-state index in [2.05, 4.69) is 10.3 Å². The van der Waals surface area contributed by atoms with E-state index in [0.717, 1.165) is 35.2 Å². The van der Waals surface area contributed by atoms with Crippen LogP contribution in [0.2, 0.25) is 0 Å². The molecule has 4 N–H and O–H groups in total. The molecule has 1 fully saturated rings. The van der Waals surface area contributed by atoms with Crippen LogP contribution in [0.15, 0.2) is 70.3 Å². The van der Waals surface area contributed by atoms with Crippen molar-refractivity contribution in [2.24, 2.45) is 4.99 Å². The smallest absolute Gasteiger partial charge is 0.320 e. The first kappa shape index (κ1) is 22.1. The van der Waals surface area contributed by atoms with Crippen molar-refractivity contribution in [1.29, 1.82) is 0 Å². The molecule has 1 aliphatic rings. The zero-order chi connectivity index (χ0) is 24.8. The van der Waals surface area contributed by atoms with E-state index in [1.807, 2.05) is 54.6 Å². The standard InChI is InChI=1S/C26H22N6O3S/c1-34-18-4-2-3-15(11-18)19-12-20(14-5-7-16(27)8-6-14)29-26-22(19)23(28)24(36-26)25(33)30-21-13-32(31-35-21)17-9-10-17/h2-8,11-13,17H,9-10H2,1H3,(H4-,27,28,29,30,31,33). The van der Waals surface area contributed by atoms with Gasteiger partial charge in [0, 0.05) is 35.4 Å². The van der Waals surface area contributed by atoms with Gasteiger partial charge in [0.25, 0.3) is 6.20 Å². The number of methoxy groups -OCH3 is 1. The highest BCUT2D eigenvalue weighted by molar-refractivity contribution is 7.21. The van der Waals surface area contributed by atoms with Gasteiger partial charge in [0.15, 0.2) is 6.04 Å². The third-order valence-electron chi connectivity index (χ3n) is 6.08. The van der Waals surface area contributed by atoms with E-state index in [-0.39, 0.29) is 5.88 Å². The third-order valence-corrected chi connectivity index (χ3v) is 7.17. The van der Waals surface area contributed by atoms with Gasteiger partial charge in [-0.2, -0.15) is 0 Å². The molecule has 0 amide bonds. The van der Waals surface area contributed by atoms with Crippen molar-refractivity contribution in [1.82, 2.24) is 10.3 Å². The number of anilines is 2. The van der Waals surface area contributed by atoms with E-state index < -0.39 is 5.90 Å². The fourth-order valence-electron chi connectivity index (χ4n) is 4.06. The van der Waals surface area contributed by atoms with E-state index in [9.17, 15) is 5.11 Å². The first-order valence-electron chi connectivity index (χ1n) is 11.4. The van der Waals surface area contributed by atoms with Gasteiger partial charge >= 0.3 is 5.88 Å². The van der Waals surface area contributed by atoms with Crippen molar-refractivity contribution in [3.05, 3.63) is 65.7 Å². The lowest BCUT2D eigenvalue weighted by Gasteiger charge is -2.11. The topological polar surface area (TPSA) is 139 Å². The fraction of sp³-hybridized carbons (Fsp3) is 0.154. The maximum atomic E-state index is 13.1. The second-order valence-electron chi connectivity index (χ2n) is 8.60. The maximum absolute atomic E-state index is 13.1. The van der Waals surface area contributed by atoms with Crippen LogP contribution in [0.1, 0.15) is 23.8 Å². The lowest BCUT2D eigenvalue weighted by atomic mass is 9.99. The summed E-state index contributed by atoms with van der Waals surface area (Å²) in [5.74, 6) is 0.355. The number of thiophene rings is 1. The maximum Gasteiger partial charge on any atom is 0.320 e. The number of benzene rings is 2. The van der Waals surface area contributed by atoms with Gasteiger partial charge < -0.3 is 21.3 Å². The molecule has 1 saturated carbocycles. The first-order chi connectivity index (χ1) is 17.5. The quantitative estimate of drug-likeness (QED) is 0.157. The Bertz CT molecular complexity index is 1620. The Morgan fingerprint density at radius 3 is 2.69 bits per heavy atom. The molecule has 0 radical (unpaired) electrons. The van der Waals surface area contributed by atoms with Gasteiger partial charge in [0.2, 0.25) is 5.27 Å². The highest BCUT2D eigenvalue weighted by Gasteiger charge is 2.35. The second kappa shape index (κ2) is 8.65. The number of rotatable bonds is 6. The largest absolute Gasteiger partial charge is 0.857 e. The third kappa shape index (κ3) is 4.01. The summed E-state index contributed by atoms with van der Waals surface area (Å²) in [7, 11) is 1.62. The van der Waals surface area contributed by atoms with E-state index in [1.165, 1.54) is 11.3 Å². The number of hydrogen-bond donors (Lipinski definition) is 2. The lowest BCUT2D eigenvalue weighted by Crippen LogP contribution is -2.32.